The number of carboxylic acid groups (broad SMARTS) is 1. The number of likely N-dealkylation sites (N-methyl/N-ethyl adjacent to an activating group) is 1. The number of carbonyl (C=O) groups excluding carboxylic acids is 2. The number of hydrogen-bond donors (Lipinski definition) is 2. The Hall–Kier alpha value is -2.15. The monoisotopic (exact) mass is 310 g/mol. The van der Waals surface area contributed by atoms with E-state index in [9.17, 15) is 14.4 Å². The summed E-state index contributed by atoms with van der Waals surface area (Å²) in [6, 6.07) is 3.31. The first-order valence-electron chi connectivity index (χ1n) is 6.35. The third kappa shape index (κ3) is 5.78. The van der Waals surface area contributed by atoms with Crippen LogP contribution in [0.3, 0.4) is 0 Å². The Morgan fingerprint density at radius 3 is 2.62 bits per heavy atom. The van der Waals surface area contributed by atoms with Crippen LogP contribution >= 0.6 is 11.3 Å². The number of amides is 2. The molecule has 1 rings (SSSR count). The van der Waals surface area contributed by atoms with Gasteiger partial charge in [-0.2, -0.15) is 0 Å². The van der Waals surface area contributed by atoms with Crippen molar-refractivity contribution in [1.29, 1.82) is 0 Å². The van der Waals surface area contributed by atoms with Crippen LogP contribution in [-0.2, 0) is 9.59 Å². The summed E-state index contributed by atoms with van der Waals surface area (Å²) in [5.41, 5.74) is 0. The number of carbonyl (C=O) groups is 3. The number of nitrogens with zero attached hydrogens (tertiary/aromatic N) is 1. The molecular weight excluding hydrogens is 292 g/mol. The van der Waals surface area contributed by atoms with Crippen molar-refractivity contribution in [3.8, 4) is 0 Å². The van der Waals surface area contributed by atoms with E-state index in [0.717, 1.165) is 6.08 Å². The van der Waals surface area contributed by atoms with Crippen LogP contribution in [0.4, 0.5) is 0 Å². The largest absolute Gasteiger partial charge is 0.478 e. The first kappa shape index (κ1) is 16.9. The number of thiophene rings is 1. The van der Waals surface area contributed by atoms with Gasteiger partial charge in [0.1, 0.15) is 0 Å². The van der Waals surface area contributed by atoms with Crippen molar-refractivity contribution in [3.63, 3.8) is 0 Å². The zero-order valence-corrected chi connectivity index (χ0v) is 12.9. The van der Waals surface area contributed by atoms with Crippen molar-refractivity contribution in [2.45, 2.75) is 19.9 Å². The molecule has 2 amide bonds. The predicted octanol–water partition coefficient (Wildman–Crippen LogP) is 1.44. The Labute approximate surface area is 127 Å². The Morgan fingerprint density at radius 2 is 2.05 bits per heavy atom. The molecule has 0 aliphatic heterocycles. The van der Waals surface area contributed by atoms with Crippen molar-refractivity contribution in [2.75, 3.05) is 13.6 Å². The van der Waals surface area contributed by atoms with Gasteiger partial charge >= 0.3 is 5.97 Å². The molecule has 7 heteroatoms. The van der Waals surface area contributed by atoms with Crippen LogP contribution in [0.15, 0.2) is 18.2 Å². The van der Waals surface area contributed by atoms with Crippen molar-refractivity contribution in [1.82, 2.24) is 10.2 Å². The molecule has 0 fully saturated rings. The molecule has 0 radical (unpaired) electrons. The third-order valence-electron chi connectivity index (χ3n) is 2.40. The summed E-state index contributed by atoms with van der Waals surface area (Å²) >= 11 is 1.18. The average Bonchev–Trinajstić information content (AvgIpc) is 2.82. The maximum atomic E-state index is 12.1. The Bertz CT molecular complexity index is 563. The molecule has 0 aromatic carbocycles. The van der Waals surface area contributed by atoms with E-state index in [4.69, 9.17) is 5.11 Å². The fourth-order valence-electron chi connectivity index (χ4n) is 1.55. The van der Waals surface area contributed by atoms with E-state index in [0.29, 0.717) is 9.75 Å². The number of nitrogens with one attached hydrogen (secondary N) is 1. The topological polar surface area (TPSA) is 86.7 Å². The summed E-state index contributed by atoms with van der Waals surface area (Å²) in [5, 5.41) is 11.3. The number of aliphatic carboxylic acids is 1. The predicted molar refractivity (Wildman–Crippen MR) is 81.2 cm³/mol. The van der Waals surface area contributed by atoms with E-state index < -0.39 is 5.97 Å². The molecule has 1 heterocycles. The lowest BCUT2D eigenvalue weighted by atomic mass is 10.3. The van der Waals surface area contributed by atoms with E-state index in [1.807, 2.05) is 13.8 Å². The van der Waals surface area contributed by atoms with Crippen molar-refractivity contribution in [2.24, 2.45) is 0 Å². The molecule has 0 spiro atoms. The number of hydrogen-bond acceptors (Lipinski definition) is 4. The van der Waals surface area contributed by atoms with Crippen LogP contribution in [0, 0.1) is 0 Å². The molecule has 0 aliphatic carbocycles. The average molecular weight is 310 g/mol. The van der Waals surface area contributed by atoms with Crippen molar-refractivity contribution >= 4 is 35.2 Å². The standard InChI is InChI=1S/C14H18N2O4S/c1-9(2)15-12(17)8-16(3)14(20)11-6-4-10(21-11)5-7-13(18)19/h4-7,9H,8H2,1-3H3,(H,15,17)(H,18,19). The fourth-order valence-corrected chi connectivity index (χ4v) is 2.46. The van der Waals surface area contributed by atoms with Gasteiger partial charge in [0.05, 0.1) is 11.4 Å². The van der Waals surface area contributed by atoms with Gasteiger partial charge in [-0.15, -0.1) is 11.3 Å². The second-order valence-corrected chi connectivity index (χ2v) is 5.87. The Balaban J connectivity index is 2.66. The molecule has 6 nitrogen and oxygen atoms in total. The van der Waals surface area contributed by atoms with Crippen LogP contribution in [-0.4, -0.2) is 47.4 Å². The third-order valence-corrected chi connectivity index (χ3v) is 3.44. The highest BCUT2D eigenvalue weighted by Crippen LogP contribution is 2.19. The van der Waals surface area contributed by atoms with E-state index in [1.54, 1.807) is 19.2 Å². The molecule has 0 unspecified atom stereocenters. The molecule has 0 atom stereocenters. The highest BCUT2D eigenvalue weighted by Gasteiger charge is 2.16. The quantitative estimate of drug-likeness (QED) is 0.778. The minimum atomic E-state index is -1.04. The Kier molecular flexibility index (Phi) is 6.10. The van der Waals surface area contributed by atoms with Crippen LogP contribution in [0.5, 0.6) is 0 Å². The van der Waals surface area contributed by atoms with Crippen LogP contribution in [0.2, 0.25) is 0 Å². The van der Waals surface area contributed by atoms with Gasteiger partial charge in [-0.1, -0.05) is 0 Å². The molecule has 2 N–H and O–H groups in total. The summed E-state index contributed by atoms with van der Waals surface area (Å²) in [7, 11) is 1.55. The zero-order valence-electron chi connectivity index (χ0n) is 12.1. The molecule has 1 aromatic rings. The number of rotatable bonds is 6. The maximum absolute atomic E-state index is 12.1. The summed E-state index contributed by atoms with van der Waals surface area (Å²) in [4.78, 5) is 36.6. The molecule has 1 aromatic heterocycles. The van der Waals surface area contributed by atoms with Crippen molar-refractivity contribution in [3.05, 3.63) is 28.0 Å². The van der Waals surface area contributed by atoms with Gasteiger partial charge in [0.25, 0.3) is 5.91 Å². The van der Waals surface area contributed by atoms with Crippen LogP contribution < -0.4 is 5.32 Å². The van der Waals surface area contributed by atoms with Crippen LogP contribution in [0.1, 0.15) is 28.4 Å². The minimum Gasteiger partial charge on any atom is -0.478 e. The normalized spacial score (nSPS) is 10.9. The summed E-state index contributed by atoms with van der Waals surface area (Å²) < 4.78 is 0. The summed E-state index contributed by atoms with van der Waals surface area (Å²) in [6.45, 7) is 3.68. The molecule has 0 aliphatic rings. The van der Waals surface area contributed by atoms with Gasteiger partial charge in [-0.25, -0.2) is 4.79 Å². The molecule has 114 valence electrons. The SMILES string of the molecule is CC(C)NC(=O)CN(C)C(=O)c1ccc(C=CC(=O)O)s1. The van der Waals surface area contributed by atoms with Gasteiger partial charge in [0, 0.05) is 24.0 Å². The van der Waals surface area contributed by atoms with E-state index >= 15 is 0 Å². The first-order valence-corrected chi connectivity index (χ1v) is 7.17. The second-order valence-electron chi connectivity index (χ2n) is 4.76. The summed E-state index contributed by atoms with van der Waals surface area (Å²) in [6.07, 6.45) is 2.44. The first-order chi connectivity index (χ1) is 9.79. The highest BCUT2D eigenvalue weighted by atomic mass is 32.1. The lowest BCUT2D eigenvalue weighted by Crippen LogP contribution is -2.40. The fraction of sp³-hybridized carbons (Fsp3) is 0.357. The summed E-state index contributed by atoms with van der Waals surface area (Å²) in [5.74, 6) is -1.53. The second kappa shape index (κ2) is 7.58. The molecule has 21 heavy (non-hydrogen) atoms. The lowest BCUT2D eigenvalue weighted by molar-refractivity contribution is -0.131. The van der Waals surface area contributed by atoms with E-state index in [1.165, 1.54) is 22.3 Å². The van der Waals surface area contributed by atoms with E-state index in [2.05, 4.69) is 5.32 Å². The van der Waals surface area contributed by atoms with E-state index in [-0.39, 0.29) is 24.4 Å². The smallest absolute Gasteiger partial charge is 0.328 e. The molecular formula is C14H18N2O4S. The van der Waals surface area contributed by atoms with Gasteiger partial charge in [0.15, 0.2) is 0 Å². The molecule has 0 saturated heterocycles. The lowest BCUT2D eigenvalue weighted by Gasteiger charge is -2.17. The molecule has 0 bridgehead atoms. The Morgan fingerprint density at radius 1 is 1.38 bits per heavy atom. The van der Waals surface area contributed by atoms with Gasteiger partial charge in [-0.3, -0.25) is 9.59 Å². The van der Waals surface area contributed by atoms with Crippen molar-refractivity contribution < 1.29 is 19.5 Å². The highest BCUT2D eigenvalue weighted by molar-refractivity contribution is 7.14. The number of carboxylic acids is 1. The van der Waals surface area contributed by atoms with Gasteiger partial charge in [-0.05, 0) is 32.1 Å². The zero-order chi connectivity index (χ0) is 16.0. The minimum absolute atomic E-state index is 0.0186. The maximum Gasteiger partial charge on any atom is 0.328 e. The van der Waals surface area contributed by atoms with Gasteiger partial charge in [0.2, 0.25) is 5.91 Å². The molecule has 0 saturated carbocycles. The van der Waals surface area contributed by atoms with Gasteiger partial charge < -0.3 is 15.3 Å². The van der Waals surface area contributed by atoms with Crippen LogP contribution in [0.25, 0.3) is 6.08 Å².